The molecule has 0 unspecified atom stereocenters. The number of benzene rings is 1. The summed E-state index contributed by atoms with van der Waals surface area (Å²) < 4.78 is 1.85. The van der Waals surface area contributed by atoms with Crippen molar-refractivity contribution in [1.82, 2.24) is 29.8 Å². The third-order valence-electron chi connectivity index (χ3n) is 5.07. The summed E-state index contributed by atoms with van der Waals surface area (Å²) in [7, 11) is 0. The first kappa shape index (κ1) is 16.9. The SMILES string of the molecule is C[C@@H](c1cn(-c2ccccc2)nn1)N1CCN(Cc2ccncc2)CC1. The summed E-state index contributed by atoms with van der Waals surface area (Å²) in [5, 5.41) is 8.70. The maximum absolute atomic E-state index is 4.41. The molecular formula is C20H24N6. The molecule has 6 nitrogen and oxygen atoms in total. The first-order chi connectivity index (χ1) is 12.8. The van der Waals surface area contributed by atoms with Crippen molar-refractivity contribution in [3.05, 3.63) is 72.3 Å². The van der Waals surface area contributed by atoms with Crippen molar-refractivity contribution in [2.24, 2.45) is 0 Å². The van der Waals surface area contributed by atoms with Gasteiger partial charge in [-0.25, -0.2) is 4.68 Å². The molecule has 1 aliphatic heterocycles. The van der Waals surface area contributed by atoms with Gasteiger partial charge in [-0.3, -0.25) is 14.8 Å². The van der Waals surface area contributed by atoms with Crippen LogP contribution in [0, 0.1) is 0 Å². The van der Waals surface area contributed by atoms with Crippen LogP contribution < -0.4 is 0 Å². The highest BCUT2D eigenvalue weighted by atomic mass is 15.4. The molecule has 0 aliphatic carbocycles. The molecule has 3 heterocycles. The zero-order valence-corrected chi connectivity index (χ0v) is 15.1. The second-order valence-electron chi connectivity index (χ2n) is 6.77. The van der Waals surface area contributed by atoms with Gasteiger partial charge in [0, 0.05) is 45.1 Å². The topological polar surface area (TPSA) is 50.1 Å². The minimum absolute atomic E-state index is 0.274. The fourth-order valence-electron chi connectivity index (χ4n) is 3.42. The van der Waals surface area contributed by atoms with Gasteiger partial charge in [-0.2, -0.15) is 0 Å². The third-order valence-corrected chi connectivity index (χ3v) is 5.07. The number of rotatable bonds is 5. The van der Waals surface area contributed by atoms with Crippen molar-refractivity contribution in [3.63, 3.8) is 0 Å². The number of para-hydroxylation sites is 1. The van der Waals surface area contributed by atoms with Crippen LogP contribution >= 0.6 is 0 Å². The molecule has 0 bridgehead atoms. The predicted molar refractivity (Wildman–Crippen MR) is 101 cm³/mol. The molecule has 0 radical (unpaired) electrons. The quantitative estimate of drug-likeness (QED) is 0.709. The smallest absolute Gasteiger partial charge is 0.1000 e. The maximum Gasteiger partial charge on any atom is 0.1000 e. The molecule has 6 heteroatoms. The zero-order valence-electron chi connectivity index (χ0n) is 15.1. The Morgan fingerprint density at radius 2 is 1.69 bits per heavy atom. The molecule has 2 aromatic heterocycles. The minimum Gasteiger partial charge on any atom is -0.297 e. The van der Waals surface area contributed by atoms with Gasteiger partial charge in [0.1, 0.15) is 0 Å². The van der Waals surface area contributed by atoms with Crippen molar-refractivity contribution in [1.29, 1.82) is 0 Å². The lowest BCUT2D eigenvalue weighted by molar-refractivity contribution is 0.0963. The summed E-state index contributed by atoms with van der Waals surface area (Å²) in [5.41, 5.74) is 3.39. The fourth-order valence-corrected chi connectivity index (χ4v) is 3.42. The van der Waals surface area contributed by atoms with Crippen LogP contribution in [0.5, 0.6) is 0 Å². The van der Waals surface area contributed by atoms with E-state index in [1.165, 1.54) is 5.56 Å². The summed E-state index contributed by atoms with van der Waals surface area (Å²) in [6.07, 6.45) is 5.77. The van der Waals surface area contributed by atoms with E-state index in [1.807, 2.05) is 53.6 Å². The number of nitrogens with zero attached hydrogens (tertiary/aromatic N) is 6. The lowest BCUT2D eigenvalue weighted by atomic mass is 10.1. The molecule has 1 atom stereocenters. The average molecular weight is 348 g/mol. The molecule has 4 rings (SSSR count). The van der Waals surface area contributed by atoms with Crippen molar-refractivity contribution >= 4 is 0 Å². The number of piperazine rings is 1. The van der Waals surface area contributed by atoms with Gasteiger partial charge in [-0.1, -0.05) is 23.4 Å². The summed E-state index contributed by atoms with van der Waals surface area (Å²) in [5.74, 6) is 0. The Kier molecular flexibility index (Phi) is 5.04. The standard InChI is InChI=1S/C20H24N6/c1-17(20-16-26(23-22-20)19-5-3-2-4-6-19)25-13-11-24(12-14-25)15-18-7-9-21-10-8-18/h2-10,16-17H,11-15H2,1H3/t17-/m0/s1. The van der Waals surface area contributed by atoms with E-state index in [1.54, 1.807) is 0 Å². The monoisotopic (exact) mass is 348 g/mol. The van der Waals surface area contributed by atoms with Gasteiger partial charge in [-0.05, 0) is 36.8 Å². The molecular weight excluding hydrogens is 324 g/mol. The Bertz CT molecular complexity index is 809. The summed E-state index contributed by atoms with van der Waals surface area (Å²) >= 11 is 0. The molecule has 0 saturated carbocycles. The number of pyridine rings is 1. The third kappa shape index (κ3) is 3.81. The fraction of sp³-hybridized carbons (Fsp3) is 0.350. The lowest BCUT2D eigenvalue weighted by Gasteiger charge is -2.37. The van der Waals surface area contributed by atoms with Gasteiger partial charge in [0.05, 0.1) is 23.6 Å². The van der Waals surface area contributed by atoms with E-state index in [2.05, 4.69) is 44.2 Å². The van der Waals surface area contributed by atoms with E-state index >= 15 is 0 Å². The Morgan fingerprint density at radius 1 is 0.962 bits per heavy atom. The van der Waals surface area contributed by atoms with Gasteiger partial charge in [-0.15, -0.1) is 5.10 Å². The molecule has 1 fully saturated rings. The summed E-state index contributed by atoms with van der Waals surface area (Å²) in [6, 6.07) is 14.6. The normalized spacial score (nSPS) is 17.3. The zero-order chi connectivity index (χ0) is 17.8. The summed E-state index contributed by atoms with van der Waals surface area (Å²) in [4.78, 5) is 9.08. The van der Waals surface area contributed by atoms with Crippen LogP contribution in [0.1, 0.15) is 24.2 Å². The molecule has 1 aliphatic rings. The van der Waals surface area contributed by atoms with Crippen LogP contribution in [0.2, 0.25) is 0 Å². The van der Waals surface area contributed by atoms with E-state index in [4.69, 9.17) is 0 Å². The molecule has 0 N–H and O–H groups in total. The number of hydrogen-bond donors (Lipinski definition) is 0. The van der Waals surface area contributed by atoms with Gasteiger partial charge < -0.3 is 0 Å². The Hall–Kier alpha value is -2.57. The van der Waals surface area contributed by atoms with E-state index in [0.717, 1.165) is 44.1 Å². The van der Waals surface area contributed by atoms with Gasteiger partial charge in [0.2, 0.25) is 0 Å². The molecule has 3 aromatic rings. The van der Waals surface area contributed by atoms with Crippen LogP contribution in [-0.2, 0) is 6.54 Å². The first-order valence-corrected chi connectivity index (χ1v) is 9.12. The molecule has 0 spiro atoms. The van der Waals surface area contributed by atoms with Crippen LogP contribution in [0.4, 0.5) is 0 Å². The van der Waals surface area contributed by atoms with E-state index in [0.29, 0.717) is 0 Å². The number of aromatic nitrogens is 4. The van der Waals surface area contributed by atoms with Crippen LogP contribution in [-0.4, -0.2) is 56.0 Å². The van der Waals surface area contributed by atoms with Crippen molar-refractivity contribution in [3.8, 4) is 5.69 Å². The molecule has 26 heavy (non-hydrogen) atoms. The second-order valence-corrected chi connectivity index (χ2v) is 6.77. The summed E-state index contributed by atoms with van der Waals surface area (Å²) in [6.45, 7) is 7.45. The lowest BCUT2D eigenvalue weighted by Crippen LogP contribution is -2.46. The van der Waals surface area contributed by atoms with E-state index in [9.17, 15) is 0 Å². The van der Waals surface area contributed by atoms with Crippen LogP contribution in [0.3, 0.4) is 0 Å². The Morgan fingerprint density at radius 3 is 2.42 bits per heavy atom. The van der Waals surface area contributed by atoms with E-state index in [-0.39, 0.29) is 6.04 Å². The minimum atomic E-state index is 0.274. The van der Waals surface area contributed by atoms with Crippen LogP contribution in [0.25, 0.3) is 5.69 Å². The average Bonchev–Trinajstić information content (AvgIpc) is 3.20. The van der Waals surface area contributed by atoms with Crippen LogP contribution in [0.15, 0.2) is 61.1 Å². The predicted octanol–water partition coefficient (Wildman–Crippen LogP) is 2.54. The first-order valence-electron chi connectivity index (χ1n) is 9.12. The van der Waals surface area contributed by atoms with Gasteiger partial charge in [0.25, 0.3) is 0 Å². The second kappa shape index (κ2) is 7.76. The Labute approximate surface area is 154 Å². The van der Waals surface area contributed by atoms with Gasteiger partial charge >= 0.3 is 0 Å². The highest BCUT2D eigenvalue weighted by molar-refractivity contribution is 5.30. The van der Waals surface area contributed by atoms with Crippen molar-refractivity contribution < 1.29 is 0 Å². The maximum atomic E-state index is 4.41. The largest absolute Gasteiger partial charge is 0.297 e. The number of hydrogen-bond acceptors (Lipinski definition) is 5. The van der Waals surface area contributed by atoms with Crippen molar-refractivity contribution in [2.45, 2.75) is 19.5 Å². The highest BCUT2D eigenvalue weighted by Crippen LogP contribution is 2.21. The van der Waals surface area contributed by atoms with Gasteiger partial charge in [0.15, 0.2) is 0 Å². The highest BCUT2D eigenvalue weighted by Gasteiger charge is 2.24. The van der Waals surface area contributed by atoms with Crippen molar-refractivity contribution in [2.75, 3.05) is 26.2 Å². The molecule has 134 valence electrons. The molecule has 1 aromatic carbocycles. The Balaban J connectivity index is 1.35. The van der Waals surface area contributed by atoms with E-state index < -0.39 is 0 Å². The molecule has 1 saturated heterocycles. The molecule has 0 amide bonds.